The van der Waals surface area contributed by atoms with Gasteiger partial charge in [0.1, 0.15) is 0 Å². The number of nitrogens with two attached hydrogens (primary N) is 1. The molecule has 2 nitrogen and oxygen atoms in total. The summed E-state index contributed by atoms with van der Waals surface area (Å²) in [5.41, 5.74) is 5.43. The van der Waals surface area contributed by atoms with Crippen LogP contribution < -0.4 is 11.1 Å². The standard InChI is InChI=1S/C11H24N2/c1-10-4-2-5-11(8-10)9-13-7-3-6-12/h10-11,13H,2-9,12H2,1H3. The molecule has 2 heteroatoms. The third-order valence-electron chi connectivity index (χ3n) is 3.04. The van der Waals surface area contributed by atoms with Crippen LogP contribution in [0.1, 0.15) is 39.0 Å². The number of nitrogens with one attached hydrogen (secondary N) is 1. The summed E-state index contributed by atoms with van der Waals surface area (Å²) < 4.78 is 0. The van der Waals surface area contributed by atoms with E-state index in [0.29, 0.717) is 0 Å². The second-order valence-corrected chi connectivity index (χ2v) is 4.48. The van der Waals surface area contributed by atoms with Crippen molar-refractivity contribution >= 4 is 0 Å². The monoisotopic (exact) mass is 184 g/mol. The molecule has 1 saturated carbocycles. The van der Waals surface area contributed by atoms with E-state index in [1.807, 2.05) is 0 Å². The van der Waals surface area contributed by atoms with Gasteiger partial charge in [0.15, 0.2) is 0 Å². The highest BCUT2D eigenvalue weighted by Gasteiger charge is 2.17. The van der Waals surface area contributed by atoms with Crippen molar-refractivity contribution in [3.63, 3.8) is 0 Å². The maximum absolute atomic E-state index is 5.43. The molecular weight excluding hydrogens is 160 g/mol. The van der Waals surface area contributed by atoms with E-state index in [1.54, 1.807) is 0 Å². The van der Waals surface area contributed by atoms with Crippen LogP contribution in [0.25, 0.3) is 0 Å². The van der Waals surface area contributed by atoms with Crippen molar-refractivity contribution in [1.29, 1.82) is 0 Å². The first kappa shape index (κ1) is 11.0. The van der Waals surface area contributed by atoms with Crippen LogP contribution in [0, 0.1) is 11.8 Å². The number of hydrogen-bond acceptors (Lipinski definition) is 2. The summed E-state index contributed by atoms with van der Waals surface area (Å²) in [5.74, 6) is 1.89. The molecule has 13 heavy (non-hydrogen) atoms. The minimum absolute atomic E-state index is 0.814. The first-order valence-electron chi connectivity index (χ1n) is 5.73. The average molecular weight is 184 g/mol. The van der Waals surface area contributed by atoms with Gasteiger partial charge in [0, 0.05) is 0 Å². The molecule has 0 heterocycles. The van der Waals surface area contributed by atoms with Gasteiger partial charge in [0.25, 0.3) is 0 Å². The van der Waals surface area contributed by atoms with Gasteiger partial charge in [-0.15, -0.1) is 0 Å². The Morgan fingerprint density at radius 1 is 1.38 bits per heavy atom. The minimum Gasteiger partial charge on any atom is -0.330 e. The highest BCUT2D eigenvalue weighted by atomic mass is 14.9. The van der Waals surface area contributed by atoms with Gasteiger partial charge in [-0.3, -0.25) is 0 Å². The summed E-state index contributed by atoms with van der Waals surface area (Å²) in [6.07, 6.45) is 6.85. The van der Waals surface area contributed by atoms with E-state index in [0.717, 1.165) is 31.3 Å². The largest absolute Gasteiger partial charge is 0.330 e. The van der Waals surface area contributed by atoms with Crippen LogP contribution in [-0.2, 0) is 0 Å². The molecule has 1 aliphatic rings. The molecular formula is C11H24N2. The first-order valence-corrected chi connectivity index (χ1v) is 5.73. The van der Waals surface area contributed by atoms with Crippen molar-refractivity contribution in [1.82, 2.24) is 5.32 Å². The maximum atomic E-state index is 5.43. The Hall–Kier alpha value is -0.0800. The van der Waals surface area contributed by atoms with E-state index in [2.05, 4.69) is 12.2 Å². The fourth-order valence-corrected chi connectivity index (χ4v) is 2.28. The van der Waals surface area contributed by atoms with Gasteiger partial charge >= 0.3 is 0 Å². The quantitative estimate of drug-likeness (QED) is 0.639. The van der Waals surface area contributed by atoms with E-state index < -0.39 is 0 Å². The molecule has 78 valence electrons. The Kier molecular flexibility index (Phi) is 5.40. The molecule has 0 amide bonds. The normalized spacial score (nSPS) is 29.1. The second kappa shape index (κ2) is 6.39. The zero-order valence-corrected chi connectivity index (χ0v) is 8.89. The summed E-state index contributed by atoms with van der Waals surface area (Å²) in [4.78, 5) is 0. The lowest BCUT2D eigenvalue weighted by Crippen LogP contribution is -2.28. The zero-order valence-electron chi connectivity index (χ0n) is 8.89. The van der Waals surface area contributed by atoms with Crippen LogP contribution in [-0.4, -0.2) is 19.6 Å². The molecule has 0 aromatic heterocycles. The molecule has 1 aliphatic carbocycles. The Balaban J connectivity index is 2.00. The van der Waals surface area contributed by atoms with Crippen molar-refractivity contribution in [2.75, 3.05) is 19.6 Å². The molecule has 3 N–H and O–H groups in total. The lowest BCUT2D eigenvalue weighted by molar-refractivity contribution is 0.274. The molecule has 1 fully saturated rings. The number of hydrogen-bond donors (Lipinski definition) is 2. The molecule has 0 bridgehead atoms. The van der Waals surface area contributed by atoms with Crippen molar-refractivity contribution in [2.24, 2.45) is 17.6 Å². The molecule has 0 aromatic rings. The Morgan fingerprint density at radius 2 is 2.23 bits per heavy atom. The third kappa shape index (κ3) is 4.63. The molecule has 0 saturated heterocycles. The van der Waals surface area contributed by atoms with Gasteiger partial charge in [-0.05, 0) is 50.7 Å². The predicted molar refractivity (Wildman–Crippen MR) is 57.7 cm³/mol. The molecule has 2 atom stereocenters. The molecule has 0 radical (unpaired) electrons. The van der Waals surface area contributed by atoms with Gasteiger partial charge in [-0.2, -0.15) is 0 Å². The third-order valence-corrected chi connectivity index (χ3v) is 3.04. The van der Waals surface area contributed by atoms with E-state index in [9.17, 15) is 0 Å². The zero-order chi connectivity index (χ0) is 9.52. The topological polar surface area (TPSA) is 38.0 Å². The number of rotatable bonds is 5. The van der Waals surface area contributed by atoms with Crippen LogP contribution in [0.5, 0.6) is 0 Å². The highest BCUT2D eigenvalue weighted by molar-refractivity contribution is 4.72. The van der Waals surface area contributed by atoms with Gasteiger partial charge in [-0.25, -0.2) is 0 Å². The van der Waals surface area contributed by atoms with Crippen molar-refractivity contribution in [3.8, 4) is 0 Å². The Morgan fingerprint density at radius 3 is 2.92 bits per heavy atom. The summed E-state index contributed by atoms with van der Waals surface area (Å²) in [6.45, 7) is 5.51. The second-order valence-electron chi connectivity index (χ2n) is 4.48. The summed E-state index contributed by atoms with van der Waals surface area (Å²) in [6, 6.07) is 0. The van der Waals surface area contributed by atoms with Gasteiger partial charge in [0.2, 0.25) is 0 Å². The molecule has 0 aromatic carbocycles. The molecule has 2 unspecified atom stereocenters. The Bertz CT molecular complexity index is 125. The van der Waals surface area contributed by atoms with Crippen molar-refractivity contribution < 1.29 is 0 Å². The molecule has 0 spiro atoms. The van der Waals surface area contributed by atoms with Gasteiger partial charge in [0.05, 0.1) is 0 Å². The lowest BCUT2D eigenvalue weighted by atomic mass is 9.82. The van der Waals surface area contributed by atoms with Crippen LogP contribution >= 0.6 is 0 Å². The average Bonchev–Trinajstić information content (AvgIpc) is 2.13. The summed E-state index contributed by atoms with van der Waals surface area (Å²) in [7, 11) is 0. The van der Waals surface area contributed by atoms with E-state index in [4.69, 9.17) is 5.73 Å². The van der Waals surface area contributed by atoms with Crippen LogP contribution in [0.3, 0.4) is 0 Å². The fourth-order valence-electron chi connectivity index (χ4n) is 2.28. The Labute approximate surface area is 82.3 Å². The maximum Gasteiger partial charge on any atom is -0.00204 e. The summed E-state index contributed by atoms with van der Waals surface area (Å²) in [5, 5.41) is 3.50. The van der Waals surface area contributed by atoms with Crippen molar-refractivity contribution in [2.45, 2.75) is 39.0 Å². The van der Waals surface area contributed by atoms with Gasteiger partial charge in [-0.1, -0.05) is 19.8 Å². The van der Waals surface area contributed by atoms with Crippen LogP contribution in [0.15, 0.2) is 0 Å². The predicted octanol–water partition coefficient (Wildman–Crippen LogP) is 1.75. The summed E-state index contributed by atoms with van der Waals surface area (Å²) >= 11 is 0. The SMILES string of the molecule is CC1CCCC(CNCCCN)C1. The van der Waals surface area contributed by atoms with E-state index >= 15 is 0 Å². The van der Waals surface area contributed by atoms with Gasteiger partial charge < -0.3 is 11.1 Å². The van der Waals surface area contributed by atoms with Crippen LogP contribution in [0.2, 0.25) is 0 Å². The first-order chi connectivity index (χ1) is 6.33. The van der Waals surface area contributed by atoms with Crippen LogP contribution in [0.4, 0.5) is 0 Å². The molecule has 0 aliphatic heterocycles. The van der Waals surface area contributed by atoms with Crippen molar-refractivity contribution in [3.05, 3.63) is 0 Å². The smallest absolute Gasteiger partial charge is 0.00204 e. The van der Waals surface area contributed by atoms with E-state index in [1.165, 1.54) is 32.2 Å². The minimum atomic E-state index is 0.814. The molecule has 1 rings (SSSR count). The lowest BCUT2D eigenvalue weighted by Gasteiger charge is -2.26. The van der Waals surface area contributed by atoms with E-state index in [-0.39, 0.29) is 0 Å². The fraction of sp³-hybridized carbons (Fsp3) is 1.00. The highest BCUT2D eigenvalue weighted by Crippen LogP contribution is 2.27.